The van der Waals surface area contributed by atoms with E-state index in [1.807, 2.05) is 5.32 Å². The van der Waals surface area contributed by atoms with Crippen LogP contribution >= 0.6 is 0 Å². The van der Waals surface area contributed by atoms with E-state index in [-0.39, 0.29) is 36.1 Å². The van der Waals surface area contributed by atoms with Crippen molar-refractivity contribution in [2.75, 3.05) is 0 Å². The Morgan fingerprint density at radius 1 is 1.09 bits per heavy atom. The molecule has 0 aromatic heterocycles. The van der Waals surface area contributed by atoms with Crippen molar-refractivity contribution in [3.05, 3.63) is 70.5 Å². The van der Waals surface area contributed by atoms with Gasteiger partial charge in [-0.2, -0.15) is 13.2 Å². The van der Waals surface area contributed by atoms with E-state index in [9.17, 15) is 32.3 Å². The number of benzene rings is 2. The van der Waals surface area contributed by atoms with Crippen molar-refractivity contribution in [1.82, 2.24) is 15.5 Å². The number of imide groups is 1. The number of alkyl halides is 3. The molecule has 4 amide bonds. The third-order valence-corrected chi connectivity index (χ3v) is 5.63. The number of rotatable bonds is 4. The summed E-state index contributed by atoms with van der Waals surface area (Å²) in [4.78, 5) is 49.8. The predicted molar refractivity (Wildman–Crippen MR) is 105 cm³/mol. The smallest absolute Gasteiger partial charge is 0.337 e. The summed E-state index contributed by atoms with van der Waals surface area (Å²) in [5.41, 5.74) is -1.17. The van der Waals surface area contributed by atoms with Gasteiger partial charge in [0.15, 0.2) is 6.04 Å². The van der Waals surface area contributed by atoms with Crippen LogP contribution in [-0.2, 0) is 16.1 Å². The van der Waals surface area contributed by atoms with Crippen molar-refractivity contribution in [2.45, 2.75) is 37.6 Å². The Bertz CT molecular complexity index is 1150. The van der Waals surface area contributed by atoms with Gasteiger partial charge in [0.2, 0.25) is 11.8 Å². The average Bonchev–Trinajstić information content (AvgIpc) is 3.09. The van der Waals surface area contributed by atoms with Crippen LogP contribution in [0.4, 0.5) is 17.6 Å². The Morgan fingerprint density at radius 2 is 1.79 bits per heavy atom. The molecule has 0 bridgehead atoms. The van der Waals surface area contributed by atoms with Crippen molar-refractivity contribution in [3.8, 4) is 0 Å². The first-order chi connectivity index (χ1) is 15.6. The molecule has 2 aromatic rings. The number of nitrogens with zero attached hydrogens (tertiary/aromatic N) is 1. The maximum atomic E-state index is 15.2. The monoisotopic (exact) mass is 463 g/mol. The first-order valence-electron chi connectivity index (χ1n) is 9.96. The van der Waals surface area contributed by atoms with E-state index in [1.165, 1.54) is 30.3 Å². The van der Waals surface area contributed by atoms with Gasteiger partial charge in [-0.25, -0.2) is 4.39 Å². The highest BCUT2D eigenvalue weighted by atomic mass is 19.4. The standard InChI is InChI=1S/C22H17F4N3O4/c23-17-13(19(31)28-18(22(24,25)26)11-4-2-1-3-5-11)7-6-12-14(17)10-29(21(12)33)15-8-9-16(30)27-20(15)32/h1-7,15,18H,8-10H2,(H,28,31)(H,27,30,32)/t15?,18-/m1/s1. The Kier molecular flexibility index (Phi) is 5.64. The highest BCUT2D eigenvalue weighted by Gasteiger charge is 2.43. The number of piperidine rings is 1. The highest BCUT2D eigenvalue weighted by molar-refractivity contribution is 6.06. The number of amides is 4. The molecule has 2 aromatic carbocycles. The van der Waals surface area contributed by atoms with Crippen molar-refractivity contribution < 1.29 is 36.7 Å². The molecule has 33 heavy (non-hydrogen) atoms. The molecule has 0 aliphatic carbocycles. The van der Waals surface area contributed by atoms with Gasteiger partial charge in [-0.3, -0.25) is 24.5 Å². The van der Waals surface area contributed by atoms with E-state index in [1.54, 1.807) is 0 Å². The van der Waals surface area contributed by atoms with E-state index < -0.39 is 53.3 Å². The lowest BCUT2D eigenvalue weighted by atomic mass is 10.0. The summed E-state index contributed by atoms with van der Waals surface area (Å²) in [6.07, 6.45) is -4.77. The second kappa shape index (κ2) is 8.30. The summed E-state index contributed by atoms with van der Waals surface area (Å²) < 4.78 is 55.8. The van der Waals surface area contributed by atoms with Gasteiger partial charge in [0.25, 0.3) is 11.8 Å². The molecule has 7 nitrogen and oxygen atoms in total. The predicted octanol–water partition coefficient (Wildman–Crippen LogP) is 2.62. The number of halogens is 4. The van der Waals surface area contributed by atoms with Crippen molar-refractivity contribution in [3.63, 3.8) is 0 Å². The van der Waals surface area contributed by atoms with E-state index >= 15 is 4.39 Å². The van der Waals surface area contributed by atoms with Crippen LogP contribution in [-0.4, -0.2) is 40.7 Å². The fraction of sp³-hybridized carbons (Fsp3) is 0.273. The molecule has 1 saturated heterocycles. The lowest BCUT2D eigenvalue weighted by Crippen LogP contribution is -2.52. The van der Waals surface area contributed by atoms with Crippen LogP contribution in [0.3, 0.4) is 0 Å². The third-order valence-electron chi connectivity index (χ3n) is 5.63. The Balaban J connectivity index is 1.60. The zero-order chi connectivity index (χ0) is 23.9. The maximum Gasteiger partial charge on any atom is 0.412 e. The molecule has 1 unspecified atom stereocenters. The lowest BCUT2D eigenvalue weighted by molar-refractivity contribution is -0.155. The van der Waals surface area contributed by atoms with E-state index in [0.717, 1.165) is 17.0 Å². The lowest BCUT2D eigenvalue weighted by Gasteiger charge is -2.29. The number of fused-ring (bicyclic) bond motifs is 1. The van der Waals surface area contributed by atoms with Crippen LogP contribution in [0.2, 0.25) is 0 Å². The molecule has 172 valence electrons. The average molecular weight is 463 g/mol. The van der Waals surface area contributed by atoms with Crippen LogP contribution < -0.4 is 10.6 Å². The van der Waals surface area contributed by atoms with Crippen LogP contribution in [0.15, 0.2) is 42.5 Å². The zero-order valence-electron chi connectivity index (χ0n) is 16.9. The molecule has 0 radical (unpaired) electrons. The summed E-state index contributed by atoms with van der Waals surface area (Å²) in [6, 6.07) is 5.39. The Morgan fingerprint density at radius 3 is 2.42 bits per heavy atom. The summed E-state index contributed by atoms with van der Waals surface area (Å²) in [5.74, 6) is -4.27. The Hall–Kier alpha value is -3.76. The van der Waals surface area contributed by atoms with Gasteiger partial charge in [-0.1, -0.05) is 30.3 Å². The SMILES string of the molecule is O=C1CCC(N2Cc3c(ccc(C(=O)N[C@H](c4ccccc4)C(F)(F)F)c3F)C2=O)C(=O)N1. The third kappa shape index (κ3) is 4.18. The van der Waals surface area contributed by atoms with Gasteiger partial charge >= 0.3 is 6.18 Å². The van der Waals surface area contributed by atoms with Crippen LogP contribution in [0, 0.1) is 5.82 Å². The molecule has 2 aliphatic rings. The van der Waals surface area contributed by atoms with E-state index in [4.69, 9.17) is 0 Å². The summed E-state index contributed by atoms with van der Waals surface area (Å²) in [7, 11) is 0. The second-order valence-corrected chi connectivity index (χ2v) is 7.71. The molecular formula is C22H17F4N3O4. The minimum Gasteiger partial charge on any atom is -0.337 e. The molecule has 2 aliphatic heterocycles. The fourth-order valence-electron chi connectivity index (χ4n) is 3.99. The van der Waals surface area contributed by atoms with E-state index in [0.29, 0.717) is 0 Å². The molecule has 2 atom stereocenters. The van der Waals surface area contributed by atoms with Crippen LogP contribution in [0.1, 0.15) is 50.7 Å². The van der Waals surface area contributed by atoms with Crippen molar-refractivity contribution >= 4 is 23.6 Å². The Labute approximate surface area is 184 Å². The van der Waals surface area contributed by atoms with Gasteiger partial charge in [0, 0.05) is 17.5 Å². The van der Waals surface area contributed by atoms with Gasteiger partial charge < -0.3 is 10.2 Å². The normalized spacial score (nSPS) is 19.2. The first-order valence-corrected chi connectivity index (χ1v) is 9.96. The number of carbonyl (C=O) groups is 4. The summed E-state index contributed by atoms with van der Waals surface area (Å²) in [5, 5.41) is 3.93. The first kappa shape index (κ1) is 22.4. The minimum atomic E-state index is -4.83. The molecule has 0 saturated carbocycles. The maximum absolute atomic E-state index is 15.2. The fourth-order valence-corrected chi connectivity index (χ4v) is 3.99. The topological polar surface area (TPSA) is 95.6 Å². The number of nitrogens with one attached hydrogen (secondary N) is 2. The van der Waals surface area contributed by atoms with Gasteiger partial charge in [-0.15, -0.1) is 0 Å². The molecule has 4 rings (SSSR count). The number of carbonyl (C=O) groups excluding carboxylic acids is 4. The molecule has 1 fully saturated rings. The van der Waals surface area contributed by atoms with E-state index in [2.05, 4.69) is 5.32 Å². The largest absolute Gasteiger partial charge is 0.412 e. The van der Waals surface area contributed by atoms with Crippen LogP contribution in [0.5, 0.6) is 0 Å². The quantitative estimate of drug-likeness (QED) is 0.538. The zero-order valence-corrected chi connectivity index (χ0v) is 16.9. The number of hydrogen-bond donors (Lipinski definition) is 2. The number of hydrogen-bond acceptors (Lipinski definition) is 4. The van der Waals surface area contributed by atoms with Crippen molar-refractivity contribution in [2.24, 2.45) is 0 Å². The van der Waals surface area contributed by atoms with Gasteiger partial charge in [0.1, 0.15) is 11.9 Å². The van der Waals surface area contributed by atoms with Gasteiger partial charge in [0.05, 0.1) is 12.1 Å². The molecule has 11 heteroatoms. The summed E-state index contributed by atoms with van der Waals surface area (Å²) >= 11 is 0. The molecule has 0 spiro atoms. The van der Waals surface area contributed by atoms with Gasteiger partial charge in [-0.05, 0) is 24.1 Å². The molecule has 2 N–H and O–H groups in total. The molecular weight excluding hydrogens is 446 g/mol. The second-order valence-electron chi connectivity index (χ2n) is 7.71. The highest BCUT2D eigenvalue weighted by Crippen LogP contribution is 2.34. The minimum absolute atomic E-state index is 0.00495. The van der Waals surface area contributed by atoms with Crippen molar-refractivity contribution in [1.29, 1.82) is 0 Å². The molecule has 2 heterocycles. The van der Waals surface area contributed by atoms with Crippen LogP contribution in [0.25, 0.3) is 0 Å². The summed E-state index contributed by atoms with van der Waals surface area (Å²) in [6.45, 7) is -0.352.